The van der Waals surface area contributed by atoms with E-state index in [-0.39, 0.29) is 18.4 Å². The molecule has 1 N–H and O–H groups in total. The van der Waals surface area contributed by atoms with Crippen LogP contribution in [0, 0.1) is 6.92 Å². The normalized spacial score (nSPS) is 10.9. The van der Waals surface area contributed by atoms with Gasteiger partial charge in [0.1, 0.15) is 0 Å². The number of pyridine rings is 1. The predicted molar refractivity (Wildman–Crippen MR) is 131 cm³/mol. The third-order valence-electron chi connectivity index (χ3n) is 5.58. The number of nitrogens with zero attached hydrogens (tertiary/aromatic N) is 1. The fourth-order valence-corrected chi connectivity index (χ4v) is 3.95. The Bertz CT molecular complexity index is 1310. The molecule has 3 aromatic carbocycles. The fourth-order valence-electron chi connectivity index (χ4n) is 3.95. The highest BCUT2D eigenvalue weighted by Gasteiger charge is 2.21. The number of carbonyl (C=O) groups excluding carboxylic acids is 2. The van der Waals surface area contributed by atoms with E-state index in [9.17, 15) is 9.59 Å². The molecule has 4 aromatic rings. The zero-order chi connectivity index (χ0) is 23.4. The van der Waals surface area contributed by atoms with Gasteiger partial charge in [-0.2, -0.15) is 0 Å². The molecule has 166 valence electrons. The van der Waals surface area contributed by atoms with E-state index in [2.05, 4.69) is 19.2 Å². The Morgan fingerprint density at radius 1 is 0.909 bits per heavy atom. The number of hydrogen-bond donors (Lipinski definition) is 1. The van der Waals surface area contributed by atoms with E-state index in [0.717, 1.165) is 28.1 Å². The van der Waals surface area contributed by atoms with Gasteiger partial charge in [0.25, 0.3) is 5.91 Å². The largest absolute Gasteiger partial charge is 0.452 e. The Hall–Kier alpha value is -3.99. The lowest BCUT2D eigenvalue weighted by Crippen LogP contribution is -2.22. The molecule has 0 atom stereocenters. The van der Waals surface area contributed by atoms with Crippen molar-refractivity contribution in [2.45, 2.75) is 26.7 Å². The molecule has 0 saturated heterocycles. The lowest BCUT2D eigenvalue weighted by Gasteiger charge is -2.15. The quantitative estimate of drug-likeness (QED) is 0.368. The Labute approximate surface area is 193 Å². The summed E-state index contributed by atoms with van der Waals surface area (Å²) in [6.45, 7) is 5.61. The van der Waals surface area contributed by atoms with Gasteiger partial charge in [-0.05, 0) is 36.1 Å². The molecule has 5 heteroatoms. The van der Waals surface area contributed by atoms with Crippen molar-refractivity contribution in [1.29, 1.82) is 0 Å². The van der Waals surface area contributed by atoms with Gasteiger partial charge in [0, 0.05) is 16.6 Å². The molecular formula is C28H26N2O3. The van der Waals surface area contributed by atoms with Crippen molar-refractivity contribution in [2.24, 2.45) is 0 Å². The number of rotatable bonds is 6. The average Bonchev–Trinajstić information content (AvgIpc) is 2.83. The molecule has 0 aliphatic rings. The fraction of sp³-hybridized carbons (Fsp3) is 0.179. The zero-order valence-electron chi connectivity index (χ0n) is 19.0. The zero-order valence-corrected chi connectivity index (χ0v) is 19.0. The number of benzene rings is 3. The first kappa shape index (κ1) is 22.2. The van der Waals surface area contributed by atoms with Crippen molar-refractivity contribution < 1.29 is 14.3 Å². The minimum atomic E-state index is -0.546. The first-order valence-corrected chi connectivity index (χ1v) is 11.0. The maximum atomic E-state index is 13.2. The van der Waals surface area contributed by atoms with Gasteiger partial charge in [0.05, 0.1) is 16.8 Å². The molecule has 0 bridgehead atoms. The van der Waals surface area contributed by atoms with Gasteiger partial charge in [0.2, 0.25) is 0 Å². The van der Waals surface area contributed by atoms with Crippen LogP contribution in [0.3, 0.4) is 0 Å². The molecular weight excluding hydrogens is 412 g/mol. The number of nitrogens with one attached hydrogen (secondary N) is 1. The van der Waals surface area contributed by atoms with Gasteiger partial charge in [-0.3, -0.25) is 4.79 Å². The second-order valence-electron chi connectivity index (χ2n) is 8.21. The summed E-state index contributed by atoms with van der Waals surface area (Å²) in [6.07, 6.45) is 0. The number of carbonyl (C=O) groups is 2. The molecule has 0 radical (unpaired) electrons. The van der Waals surface area contributed by atoms with E-state index in [1.807, 2.05) is 85.8 Å². The third kappa shape index (κ3) is 4.77. The summed E-state index contributed by atoms with van der Waals surface area (Å²) in [5, 5.41) is 3.56. The Kier molecular flexibility index (Phi) is 6.50. The van der Waals surface area contributed by atoms with Gasteiger partial charge in [-0.25, -0.2) is 9.78 Å². The van der Waals surface area contributed by atoms with E-state index < -0.39 is 5.97 Å². The molecule has 1 amide bonds. The smallest absolute Gasteiger partial charge is 0.339 e. The first-order valence-electron chi connectivity index (χ1n) is 11.0. The molecule has 0 aliphatic heterocycles. The summed E-state index contributed by atoms with van der Waals surface area (Å²) >= 11 is 0. The van der Waals surface area contributed by atoms with Crippen LogP contribution < -0.4 is 5.32 Å². The molecule has 0 fully saturated rings. The predicted octanol–water partition coefficient (Wildman–Crippen LogP) is 6.13. The molecule has 4 rings (SSSR count). The van der Waals surface area contributed by atoms with E-state index in [1.54, 1.807) is 0 Å². The van der Waals surface area contributed by atoms with E-state index in [0.29, 0.717) is 16.5 Å². The van der Waals surface area contributed by atoms with Crippen molar-refractivity contribution in [3.05, 3.63) is 95.6 Å². The molecule has 0 unspecified atom stereocenters. The number of hydrogen-bond acceptors (Lipinski definition) is 4. The average molecular weight is 439 g/mol. The van der Waals surface area contributed by atoms with Crippen LogP contribution in [0.2, 0.25) is 0 Å². The van der Waals surface area contributed by atoms with Crippen molar-refractivity contribution in [3.63, 3.8) is 0 Å². The summed E-state index contributed by atoms with van der Waals surface area (Å²) in [5.41, 5.74) is 5.23. The Morgan fingerprint density at radius 3 is 2.33 bits per heavy atom. The van der Waals surface area contributed by atoms with Crippen LogP contribution >= 0.6 is 0 Å². The number of aromatic nitrogens is 1. The standard InChI is InChI=1S/C28H26N2O3/c1-18(2)21-13-7-9-15-23(21)29-25(31)17-33-28(32)26-19(3)27(20-11-5-4-6-12-20)30-24-16-10-8-14-22(24)26/h4-16,18H,17H2,1-3H3,(H,29,31). The molecule has 5 nitrogen and oxygen atoms in total. The number of fused-ring (bicyclic) bond motifs is 1. The summed E-state index contributed by atoms with van der Waals surface area (Å²) in [5.74, 6) is -0.669. The van der Waals surface area contributed by atoms with Crippen LogP contribution in [0.25, 0.3) is 22.2 Å². The van der Waals surface area contributed by atoms with E-state index >= 15 is 0 Å². The Morgan fingerprint density at radius 2 is 1.58 bits per heavy atom. The van der Waals surface area contributed by atoms with E-state index in [4.69, 9.17) is 9.72 Å². The molecule has 0 saturated carbocycles. The molecule has 0 spiro atoms. The highest BCUT2D eigenvalue weighted by Crippen LogP contribution is 2.30. The second-order valence-corrected chi connectivity index (χ2v) is 8.21. The van der Waals surface area contributed by atoms with Crippen molar-refractivity contribution >= 4 is 28.5 Å². The lowest BCUT2D eigenvalue weighted by molar-refractivity contribution is -0.119. The minimum absolute atomic E-state index is 0.256. The lowest BCUT2D eigenvalue weighted by atomic mass is 9.98. The van der Waals surface area contributed by atoms with Crippen LogP contribution in [-0.4, -0.2) is 23.5 Å². The van der Waals surface area contributed by atoms with Crippen LogP contribution in [-0.2, 0) is 9.53 Å². The van der Waals surface area contributed by atoms with Crippen LogP contribution in [0.5, 0.6) is 0 Å². The number of anilines is 1. The van der Waals surface area contributed by atoms with Crippen LogP contribution in [0.15, 0.2) is 78.9 Å². The molecule has 1 heterocycles. The number of ether oxygens (including phenoxy) is 1. The SMILES string of the molecule is Cc1c(-c2ccccc2)nc2ccccc2c1C(=O)OCC(=O)Nc1ccccc1C(C)C. The highest BCUT2D eigenvalue weighted by molar-refractivity contribution is 6.07. The maximum absolute atomic E-state index is 13.2. The monoisotopic (exact) mass is 438 g/mol. The summed E-state index contributed by atoms with van der Waals surface area (Å²) in [6, 6.07) is 24.8. The second kappa shape index (κ2) is 9.65. The first-order chi connectivity index (χ1) is 16.0. The van der Waals surface area contributed by atoms with Crippen LogP contribution in [0.1, 0.15) is 41.3 Å². The van der Waals surface area contributed by atoms with Gasteiger partial charge < -0.3 is 10.1 Å². The number of para-hydroxylation sites is 2. The van der Waals surface area contributed by atoms with Gasteiger partial charge in [-0.1, -0.05) is 80.6 Å². The topological polar surface area (TPSA) is 68.3 Å². The molecule has 1 aromatic heterocycles. The molecule has 0 aliphatic carbocycles. The van der Waals surface area contributed by atoms with Gasteiger partial charge >= 0.3 is 5.97 Å². The van der Waals surface area contributed by atoms with Crippen molar-refractivity contribution in [3.8, 4) is 11.3 Å². The summed E-state index contributed by atoms with van der Waals surface area (Å²) < 4.78 is 5.46. The Balaban J connectivity index is 1.60. The molecule has 33 heavy (non-hydrogen) atoms. The minimum Gasteiger partial charge on any atom is -0.452 e. The van der Waals surface area contributed by atoms with Gasteiger partial charge in [-0.15, -0.1) is 0 Å². The van der Waals surface area contributed by atoms with Gasteiger partial charge in [0.15, 0.2) is 6.61 Å². The summed E-state index contributed by atoms with van der Waals surface area (Å²) in [4.78, 5) is 30.5. The van der Waals surface area contributed by atoms with E-state index in [1.165, 1.54) is 0 Å². The number of amides is 1. The number of esters is 1. The maximum Gasteiger partial charge on any atom is 0.339 e. The third-order valence-corrected chi connectivity index (χ3v) is 5.58. The van der Waals surface area contributed by atoms with Crippen molar-refractivity contribution in [2.75, 3.05) is 11.9 Å². The van der Waals surface area contributed by atoms with Crippen molar-refractivity contribution in [1.82, 2.24) is 4.98 Å². The van der Waals surface area contributed by atoms with Crippen LogP contribution in [0.4, 0.5) is 5.69 Å². The summed E-state index contributed by atoms with van der Waals surface area (Å²) in [7, 11) is 0. The highest BCUT2D eigenvalue weighted by atomic mass is 16.5.